The molecule has 0 aliphatic carbocycles. The molecule has 0 spiro atoms. The molecule has 0 aliphatic rings. The maximum atomic E-state index is 13.0. The Morgan fingerprint density at radius 1 is 0.964 bits per heavy atom. The fourth-order valence-electron chi connectivity index (χ4n) is 2.82. The minimum atomic E-state index is -3.79. The van der Waals surface area contributed by atoms with E-state index in [-0.39, 0.29) is 16.8 Å². The van der Waals surface area contributed by atoms with Crippen molar-refractivity contribution in [3.63, 3.8) is 0 Å². The van der Waals surface area contributed by atoms with E-state index in [1.165, 1.54) is 28.4 Å². The van der Waals surface area contributed by atoms with Gasteiger partial charge in [-0.05, 0) is 49.4 Å². The Labute approximate surface area is 165 Å². The Morgan fingerprint density at radius 2 is 1.68 bits per heavy atom. The average Bonchev–Trinajstić information content (AvgIpc) is 3.27. The van der Waals surface area contributed by atoms with Crippen molar-refractivity contribution in [2.24, 2.45) is 0 Å². The first kappa shape index (κ1) is 19.7. The number of carbonyl (C=O) groups is 1. The van der Waals surface area contributed by atoms with E-state index in [9.17, 15) is 13.2 Å². The molecule has 28 heavy (non-hydrogen) atoms. The van der Waals surface area contributed by atoms with E-state index >= 15 is 0 Å². The first-order chi connectivity index (χ1) is 13.3. The summed E-state index contributed by atoms with van der Waals surface area (Å²) in [5.41, 5.74) is 0.839. The number of anilines is 1. The third-order valence-electron chi connectivity index (χ3n) is 4.72. The highest BCUT2D eigenvalue weighted by Crippen LogP contribution is 2.25. The number of nitrogens with zero attached hydrogens (tertiary/aromatic N) is 2. The maximum Gasteiger partial charge on any atom is 0.264 e. The topological polar surface area (TPSA) is 70.8 Å². The average molecular weight is 398 g/mol. The third-order valence-corrected chi connectivity index (χ3v) is 6.50. The van der Waals surface area contributed by atoms with Crippen LogP contribution in [0.1, 0.15) is 29.1 Å². The first-order valence-electron chi connectivity index (χ1n) is 8.77. The molecule has 0 saturated carbocycles. The van der Waals surface area contributed by atoms with Crippen LogP contribution in [0.4, 0.5) is 5.69 Å². The first-order valence-corrected chi connectivity index (χ1v) is 10.2. The number of para-hydroxylation sites is 1. The SMILES string of the molecule is CC(c1ccco1)N(C)C(=O)c1cccc(S(=O)(=O)N(C)c2ccccc2)c1. The summed E-state index contributed by atoms with van der Waals surface area (Å²) in [5.74, 6) is 0.367. The molecule has 6 nitrogen and oxygen atoms in total. The maximum absolute atomic E-state index is 13.0. The van der Waals surface area contributed by atoms with Crippen LogP contribution in [0.5, 0.6) is 0 Å². The summed E-state index contributed by atoms with van der Waals surface area (Å²) in [6, 6.07) is 18.1. The van der Waals surface area contributed by atoms with E-state index < -0.39 is 10.0 Å². The highest BCUT2D eigenvalue weighted by Gasteiger charge is 2.25. The van der Waals surface area contributed by atoms with Crippen LogP contribution in [0.15, 0.2) is 82.3 Å². The lowest BCUT2D eigenvalue weighted by Gasteiger charge is -2.24. The largest absolute Gasteiger partial charge is 0.467 e. The van der Waals surface area contributed by atoms with Crippen LogP contribution in [0, 0.1) is 0 Å². The molecule has 0 fully saturated rings. The van der Waals surface area contributed by atoms with Crippen LogP contribution >= 0.6 is 0 Å². The standard InChI is InChI=1S/C21H22N2O4S/c1-16(20-13-8-14-27-20)22(2)21(24)17-9-7-12-19(15-17)28(25,26)23(3)18-10-5-4-6-11-18/h4-16H,1-3H3. The van der Waals surface area contributed by atoms with Gasteiger partial charge in [0, 0.05) is 19.7 Å². The van der Waals surface area contributed by atoms with Gasteiger partial charge in [-0.2, -0.15) is 0 Å². The molecule has 1 unspecified atom stereocenters. The Kier molecular flexibility index (Phi) is 5.56. The zero-order valence-electron chi connectivity index (χ0n) is 15.9. The highest BCUT2D eigenvalue weighted by molar-refractivity contribution is 7.92. The summed E-state index contributed by atoms with van der Waals surface area (Å²) in [7, 11) is -0.643. The van der Waals surface area contributed by atoms with Crippen LogP contribution in [-0.4, -0.2) is 33.3 Å². The number of sulfonamides is 1. The smallest absolute Gasteiger partial charge is 0.264 e. The van der Waals surface area contributed by atoms with Gasteiger partial charge in [-0.15, -0.1) is 0 Å². The van der Waals surface area contributed by atoms with Crippen molar-refractivity contribution in [1.29, 1.82) is 0 Å². The van der Waals surface area contributed by atoms with Crippen LogP contribution in [0.3, 0.4) is 0 Å². The second-order valence-corrected chi connectivity index (χ2v) is 8.41. The molecule has 146 valence electrons. The van der Waals surface area contributed by atoms with Crippen molar-refractivity contribution in [3.8, 4) is 0 Å². The molecule has 3 aromatic rings. The van der Waals surface area contributed by atoms with E-state index in [1.807, 2.05) is 13.0 Å². The molecular weight excluding hydrogens is 376 g/mol. The summed E-state index contributed by atoms with van der Waals surface area (Å²) >= 11 is 0. The van der Waals surface area contributed by atoms with E-state index in [2.05, 4.69) is 0 Å². The minimum Gasteiger partial charge on any atom is -0.467 e. The lowest BCUT2D eigenvalue weighted by atomic mass is 10.1. The summed E-state index contributed by atoms with van der Waals surface area (Å²) in [5, 5.41) is 0. The highest BCUT2D eigenvalue weighted by atomic mass is 32.2. The van der Waals surface area contributed by atoms with Gasteiger partial charge in [0.25, 0.3) is 15.9 Å². The van der Waals surface area contributed by atoms with Crippen molar-refractivity contribution >= 4 is 21.6 Å². The Balaban J connectivity index is 1.88. The van der Waals surface area contributed by atoms with E-state index in [0.29, 0.717) is 17.0 Å². The Hall–Kier alpha value is -3.06. The molecule has 0 bridgehead atoms. The van der Waals surface area contributed by atoms with Crippen LogP contribution in [0.2, 0.25) is 0 Å². The molecule has 1 atom stereocenters. The molecule has 1 heterocycles. The number of benzene rings is 2. The summed E-state index contributed by atoms with van der Waals surface area (Å²) in [4.78, 5) is 14.5. The van der Waals surface area contributed by atoms with Gasteiger partial charge in [0.1, 0.15) is 5.76 Å². The quantitative estimate of drug-likeness (QED) is 0.631. The van der Waals surface area contributed by atoms with E-state index in [4.69, 9.17) is 4.42 Å². The fourth-order valence-corrected chi connectivity index (χ4v) is 4.07. The molecule has 0 aliphatic heterocycles. The molecule has 3 rings (SSSR count). The third kappa shape index (κ3) is 3.80. The van der Waals surface area contributed by atoms with Gasteiger partial charge < -0.3 is 9.32 Å². The zero-order chi connectivity index (χ0) is 20.3. The minimum absolute atomic E-state index is 0.0590. The van der Waals surface area contributed by atoms with Crippen molar-refractivity contribution in [1.82, 2.24) is 4.90 Å². The molecule has 0 N–H and O–H groups in total. The molecule has 0 radical (unpaired) electrons. The second kappa shape index (κ2) is 7.90. The summed E-state index contributed by atoms with van der Waals surface area (Å²) in [6.45, 7) is 1.85. The Bertz CT molecular complexity index is 1050. The monoisotopic (exact) mass is 398 g/mol. The van der Waals surface area contributed by atoms with Crippen molar-refractivity contribution < 1.29 is 17.6 Å². The van der Waals surface area contributed by atoms with Gasteiger partial charge in [-0.3, -0.25) is 9.10 Å². The van der Waals surface area contributed by atoms with Gasteiger partial charge in [0.15, 0.2) is 0 Å². The normalized spacial score (nSPS) is 12.4. The van der Waals surface area contributed by atoms with Gasteiger partial charge in [0.2, 0.25) is 0 Å². The van der Waals surface area contributed by atoms with Gasteiger partial charge >= 0.3 is 0 Å². The zero-order valence-corrected chi connectivity index (χ0v) is 16.8. The fraction of sp³-hybridized carbons (Fsp3) is 0.190. The van der Waals surface area contributed by atoms with Crippen LogP contribution in [-0.2, 0) is 10.0 Å². The predicted molar refractivity (Wildman–Crippen MR) is 108 cm³/mol. The van der Waals surface area contributed by atoms with E-state index in [1.54, 1.807) is 61.8 Å². The van der Waals surface area contributed by atoms with Gasteiger partial charge in [-0.1, -0.05) is 24.3 Å². The predicted octanol–water partition coefficient (Wildman–Crippen LogP) is 3.94. The molecular formula is C21H22N2O4S. The van der Waals surface area contributed by atoms with Crippen LogP contribution < -0.4 is 4.31 Å². The van der Waals surface area contributed by atoms with Gasteiger partial charge in [-0.25, -0.2) is 8.42 Å². The number of rotatable bonds is 6. The number of amides is 1. The number of furan rings is 1. The van der Waals surface area contributed by atoms with E-state index in [0.717, 1.165) is 0 Å². The summed E-state index contributed by atoms with van der Waals surface area (Å²) in [6.07, 6.45) is 1.55. The lowest BCUT2D eigenvalue weighted by Crippen LogP contribution is -2.30. The second-order valence-electron chi connectivity index (χ2n) is 6.44. The number of carbonyl (C=O) groups excluding carboxylic acids is 1. The van der Waals surface area contributed by atoms with Crippen molar-refractivity contribution in [3.05, 3.63) is 84.3 Å². The molecule has 7 heteroatoms. The molecule has 1 amide bonds. The Morgan fingerprint density at radius 3 is 2.32 bits per heavy atom. The van der Waals surface area contributed by atoms with Crippen molar-refractivity contribution in [2.45, 2.75) is 17.9 Å². The lowest BCUT2D eigenvalue weighted by molar-refractivity contribution is 0.0726. The number of hydrogen-bond donors (Lipinski definition) is 0. The molecule has 0 saturated heterocycles. The molecule has 2 aromatic carbocycles. The molecule has 1 aromatic heterocycles. The summed E-state index contributed by atoms with van der Waals surface area (Å²) < 4.78 is 32.5. The van der Waals surface area contributed by atoms with Gasteiger partial charge in [0.05, 0.1) is 22.9 Å². The van der Waals surface area contributed by atoms with Crippen molar-refractivity contribution in [2.75, 3.05) is 18.4 Å². The van der Waals surface area contributed by atoms with Crippen LogP contribution in [0.25, 0.3) is 0 Å². The number of hydrogen-bond acceptors (Lipinski definition) is 4.